The van der Waals surface area contributed by atoms with Crippen molar-refractivity contribution >= 4 is 39.6 Å². The van der Waals surface area contributed by atoms with Gasteiger partial charge in [0.1, 0.15) is 0 Å². The zero-order chi connectivity index (χ0) is 14.7. The summed E-state index contributed by atoms with van der Waals surface area (Å²) in [6.07, 6.45) is 0.00818. The maximum atomic E-state index is 12.6. The van der Waals surface area contributed by atoms with E-state index in [1.807, 2.05) is 19.1 Å². The molecule has 0 spiro atoms. The maximum Gasteiger partial charge on any atom is 0.305 e. The van der Waals surface area contributed by atoms with Crippen LogP contribution in [0.4, 0.5) is 0 Å². The Morgan fingerprint density at radius 2 is 2.25 bits per heavy atom. The van der Waals surface area contributed by atoms with Crippen LogP contribution in [0.1, 0.15) is 22.3 Å². The molecule has 0 saturated carbocycles. The van der Waals surface area contributed by atoms with Gasteiger partial charge in [-0.15, -0.1) is 0 Å². The van der Waals surface area contributed by atoms with Gasteiger partial charge in [-0.05, 0) is 30.7 Å². The monoisotopic (exact) mass is 357 g/mol. The molecule has 0 radical (unpaired) electrons. The molecule has 1 aromatic rings. The number of carbonyl (C=O) groups excluding carboxylic acids is 1. The van der Waals surface area contributed by atoms with E-state index in [0.717, 1.165) is 15.8 Å². The zero-order valence-electron chi connectivity index (χ0n) is 11.1. The Balaban J connectivity index is 2.20. The van der Waals surface area contributed by atoms with Gasteiger partial charge in [-0.2, -0.15) is 11.8 Å². The Hall–Kier alpha value is -1.01. The predicted octanol–water partition coefficient (Wildman–Crippen LogP) is 2.79. The lowest BCUT2D eigenvalue weighted by Gasteiger charge is -2.34. The Morgan fingerprint density at radius 3 is 2.90 bits per heavy atom. The highest BCUT2D eigenvalue weighted by atomic mass is 79.9. The average Bonchev–Trinajstić information content (AvgIpc) is 2.41. The highest BCUT2D eigenvalue weighted by Crippen LogP contribution is 2.23. The molecular formula is C14H16BrNO3S. The summed E-state index contributed by atoms with van der Waals surface area (Å²) >= 11 is 5.12. The number of carboxylic acid groups (broad SMARTS) is 1. The number of hydrogen-bond donors (Lipinski definition) is 1. The lowest BCUT2D eigenvalue weighted by Crippen LogP contribution is -2.47. The molecule has 6 heteroatoms. The van der Waals surface area contributed by atoms with Crippen LogP contribution in [-0.2, 0) is 4.79 Å². The number of thioether (sulfide) groups is 1. The second kappa shape index (κ2) is 6.63. The van der Waals surface area contributed by atoms with E-state index in [2.05, 4.69) is 15.9 Å². The number of aryl methyl sites for hydroxylation is 1. The average molecular weight is 358 g/mol. The molecule has 0 bridgehead atoms. The highest BCUT2D eigenvalue weighted by Gasteiger charge is 2.29. The van der Waals surface area contributed by atoms with Crippen molar-refractivity contribution in [3.8, 4) is 0 Å². The minimum atomic E-state index is -0.859. The van der Waals surface area contributed by atoms with Gasteiger partial charge < -0.3 is 10.0 Å². The Morgan fingerprint density at radius 1 is 1.50 bits per heavy atom. The molecule has 1 unspecified atom stereocenters. The number of carboxylic acids is 1. The third-order valence-corrected chi connectivity index (χ3v) is 5.29. The number of amides is 1. The minimum Gasteiger partial charge on any atom is -0.481 e. The summed E-state index contributed by atoms with van der Waals surface area (Å²) in [7, 11) is 0. The van der Waals surface area contributed by atoms with Crippen molar-refractivity contribution < 1.29 is 14.7 Å². The fourth-order valence-corrected chi connectivity index (χ4v) is 3.55. The second-order valence-corrected chi connectivity index (χ2v) is 6.79. The van der Waals surface area contributed by atoms with Crippen LogP contribution >= 0.6 is 27.7 Å². The van der Waals surface area contributed by atoms with Crippen LogP contribution in [0.3, 0.4) is 0 Å². The number of aliphatic carboxylic acids is 1. The van der Waals surface area contributed by atoms with E-state index >= 15 is 0 Å². The normalized spacial score (nSPS) is 18.9. The Bertz CT molecular complexity index is 535. The summed E-state index contributed by atoms with van der Waals surface area (Å²) in [5, 5.41) is 8.96. The molecule has 1 N–H and O–H groups in total. The van der Waals surface area contributed by atoms with Crippen molar-refractivity contribution in [2.24, 2.45) is 0 Å². The van der Waals surface area contributed by atoms with Crippen molar-refractivity contribution in [3.63, 3.8) is 0 Å². The van der Waals surface area contributed by atoms with E-state index in [9.17, 15) is 9.59 Å². The number of halogens is 1. The molecule has 20 heavy (non-hydrogen) atoms. The molecular weight excluding hydrogens is 342 g/mol. The number of carbonyl (C=O) groups is 2. The molecule has 4 nitrogen and oxygen atoms in total. The minimum absolute atomic E-state index is 0.00818. The Labute approximate surface area is 130 Å². The fourth-order valence-electron chi connectivity index (χ4n) is 2.24. The molecule has 1 aromatic carbocycles. The van der Waals surface area contributed by atoms with Gasteiger partial charge in [0.15, 0.2) is 0 Å². The number of hydrogen-bond acceptors (Lipinski definition) is 3. The fraction of sp³-hybridized carbons (Fsp3) is 0.429. The third kappa shape index (κ3) is 3.55. The van der Waals surface area contributed by atoms with Crippen molar-refractivity contribution in [1.82, 2.24) is 4.90 Å². The van der Waals surface area contributed by atoms with Crippen LogP contribution in [0.15, 0.2) is 22.7 Å². The summed E-state index contributed by atoms with van der Waals surface area (Å²) in [4.78, 5) is 25.2. The van der Waals surface area contributed by atoms with Gasteiger partial charge in [-0.25, -0.2) is 0 Å². The van der Waals surface area contributed by atoms with Gasteiger partial charge >= 0.3 is 5.97 Å². The van der Waals surface area contributed by atoms with Crippen LogP contribution in [0.2, 0.25) is 0 Å². The van der Waals surface area contributed by atoms with E-state index in [-0.39, 0.29) is 18.4 Å². The van der Waals surface area contributed by atoms with E-state index in [0.29, 0.717) is 17.9 Å². The summed E-state index contributed by atoms with van der Waals surface area (Å²) in [5.74, 6) is 0.611. The molecule has 1 fully saturated rings. The first kappa shape index (κ1) is 15.4. The first-order chi connectivity index (χ1) is 9.49. The molecule has 0 aromatic heterocycles. The van der Waals surface area contributed by atoms with Crippen LogP contribution in [0.5, 0.6) is 0 Å². The molecule has 1 saturated heterocycles. The zero-order valence-corrected chi connectivity index (χ0v) is 13.5. The molecule has 1 heterocycles. The van der Waals surface area contributed by atoms with Crippen LogP contribution in [0.25, 0.3) is 0 Å². The van der Waals surface area contributed by atoms with E-state index < -0.39 is 5.97 Å². The molecule has 0 aliphatic carbocycles. The van der Waals surface area contributed by atoms with Gasteiger partial charge in [-0.1, -0.05) is 15.9 Å². The molecule has 1 aliphatic heterocycles. The molecule has 1 aliphatic rings. The quantitative estimate of drug-likeness (QED) is 0.903. The standard InChI is InChI=1S/C14H16BrNO3S/c1-9-6-10(2-3-12(9)15)14(19)16-4-5-20-8-11(16)7-13(17)18/h2-3,6,11H,4-5,7-8H2,1H3,(H,17,18). The second-order valence-electron chi connectivity index (χ2n) is 4.79. The van der Waals surface area contributed by atoms with Crippen LogP contribution < -0.4 is 0 Å². The molecule has 2 rings (SSSR count). The molecule has 108 valence electrons. The summed E-state index contributed by atoms with van der Waals surface area (Å²) in [6.45, 7) is 2.54. The van der Waals surface area contributed by atoms with Crippen molar-refractivity contribution in [1.29, 1.82) is 0 Å². The Kier molecular flexibility index (Phi) is 5.10. The smallest absolute Gasteiger partial charge is 0.305 e. The van der Waals surface area contributed by atoms with Gasteiger partial charge in [0.2, 0.25) is 0 Å². The summed E-state index contributed by atoms with van der Waals surface area (Å²) in [5.41, 5.74) is 1.62. The first-order valence-electron chi connectivity index (χ1n) is 6.35. The first-order valence-corrected chi connectivity index (χ1v) is 8.30. The SMILES string of the molecule is Cc1cc(C(=O)N2CCSCC2CC(=O)O)ccc1Br. The maximum absolute atomic E-state index is 12.6. The lowest BCUT2D eigenvalue weighted by molar-refractivity contribution is -0.138. The lowest BCUT2D eigenvalue weighted by atomic mass is 10.1. The van der Waals surface area contributed by atoms with E-state index in [1.54, 1.807) is 22.7 Å². The van der Waals surface area contributed by atoms with Crippen molar-refractivity contribution in [2.45, 2.75) is 19.4 Å². The number of benzene rings is 1. The summed E-state index contributed by atoms with van der Waals surface area (Å²) in [6, 6.07) is 5.25. The van der Waals surface area contributed by atoms with Gasteiger partial charge in [0, 0.05) is 28.1 Å². The van der Waals surface area contributed by atoms with Crippen LogP contribution in [-0.4, -0.2) is 46.0 Å². The van der Waals surface area contributed by atoms with Gasteiger partial charge in [0.25, 0.3) is 5.91 Å². The topological polar surface area (TPSA) is 57.6 Å². The molecule has 1 atom stereocenters. The highest BCUT2D eigenvalue weighted by molar-refractivity contribution is 9.10. The van der Waals surface area contributed by atoms with E-state index in [4.69, 9.17) is 5.11 Å². The number of nitrogens with zero attached hydrogens (tertiary/aromatic N) is 1. The van der Waals surface area contributed by atoms with Crippen molar-refractivity contribution in [3.05, 3.63) is 33.8 Å². The molecule has 1 amide bonds. The van der Waals surface area contributed by atoms with Crippen LogP contribution in [0, 0.1) is 6.92 Å². The third-order valence-electron chi connectivity index (χ3n) is 3.30. The number of rotatable bonds is 3. The summed E-state index contributed by atoms with van der Waals surface area (Å²) < 4.78 is 0.963. The van der Waals surface area contributed by atoms with Crippen molar-refractivity contribution in [2.75, 3.05) is 18.1 Å². The van der Waals surface area contributed by atoms with Gasteiger partial charge in [0.05, 0.1) is 12.5 Å². The predicted molar refractivity (Wildman–Crippen MR) is 83.3 cm³/mol. The van der Waals surface area contributed by atoms with E-state index in [1.165, 1.54) is 0 Å². The largest absolute Gasteiger partial charge is 0.481 e. The van der Waals surface area contributed by atoms with Gasteiger partial charge in [-0.3, -0.25) is 9.59 Å².